The van der Waals surface area contributed by atoms with Crippen LogP contribution >= 0.6 is 0 Å². The summed E-state index contributed by atoms with van der Waals surface area (Å²) >= 11 is 0. The summed E-state index contributed by atoms with van der Waals surface area (Å²) in [5.41, 5.74) is 0. The number of hydrogen-bond acceptors (Lipinski definition) is 3. The maximum absolute atomic E-state index is 11.7. The molecule has 1 heterocycles. The molecule has 92 valence electrons. The van der Waals surface area contributed by atoms with Gasteiger partial charge in [-0.2, -0.15) is 0 Å². The quantitative estimate of drug-likeness (QED) is 0.499. The Labute approximate surface area is 96.8 Å². The molecule has 1 rings (SSSR count). The minimum Gasteiger partial charge on any atom is -0.342 e. The summed E-state index contributed by atoms with van der Waals surface area (Å²) < 4.78 is 0. The van der Waals surface area contributed by atoms with Gasteiger partial charge in [0.05, 0.1) is 0 Å². The number of piperazine rings is 1. The van der Waals surface area contributed by atoms with Gasteiger partial charge in [-0.25, -0.2) is 0 Å². The van der Waals surface area contributed by atoms with Crippen LogP contribution in [0.4, 0.5) is 0 Å². The summed E-state index contributed by atoms with van der Waals surface area (Å²) in [6.07, 6.45) is 2.50. The van der Waals surface area contributed by atoms with Crippen LogP contribution in [0.15, 0.2) is 0 Å². The number of amides is 2. The molecule has 1 fully saturated rings. The SMILES string of the molecule is CCCNCCC(=O)N1CCN(C=O)CC1. The molecule has 2 amide bonds. The molecule has 5 heteroatoms. The van der Waals surface area contributed by atoms with Crippen LogP contribution in [-0.4, -0.2) is 61.4 Å². The molecule has 16 heavy (non-hydrogen) atoms. The predicted octanol–water partition coefficient (Wildman–Crippen LogP) is -0.323. The van der Waals surface area contributed by atoms with Gasteiger partial charge in [-0.3, -0.25) is 9.59 Å². The average molecular weight is 227 g/mol. The van der Waals surface area contributed by atoms with E-state index in [9.17, 15) is 9.59 Å². The van der Waals surface area contributed by atoms with Crippen LogP contribution in [0.3, 0.4) is 0 Å². The van der Waals surface area contributed by atoms with Gasteiger partial charge < -0.3 is 15.1 Å². The van der Waals surface area contributed by atoms with E-state index in [2.05, 4.69) is 12.2 Å². The van der Waals surface area contributed by atoms with Crippen LogP contribution in [0.25, 0.3) is 0 Å². The third kappa shape index (κ3) is 4.18. The van der Waals surface area contributed by atoms with Crippen molar-refractivity contribution in [2.75, 3.05) is 39.3 Å². The molecule has 0 atom stereocenters. The fourth-order valence-electron chi connectivity index (χ4n) is 1.73. The highest BCUT2D eigenvalue weighted by atomic mass is 16.2. The smallest absolute Gasteiger partial charge is 0.223 e. The van der Waals surface area contributed by atoms with Crippen LogP contribution in [0.1, 0.15) is 19.8 Å². The van der Waals surface area contributed by atoms with E-state index in [1.54, 1.807) is 4.90 Å². The number of carbonyl (C=O) groups is 2. The van der Waals surface area contributed by atoms with E-state index < -0.39 is 0 Å². The number of nitrogens with one attached hydrogen (secondary N) is 1. The first-order valence-corrected chi connectivity index (χ1v) is 5.95. The van der Waals surface area contributed by atoms with E-state index in [0.29, 0.717) is 32.6 Å². The van der Waals surface area contributed by atoms with E-state index in [1.165, 1.54) is 0 Å². The fraction of sp³-hybridized carbons (Fsp3) is 0.818. The van der Waals surface area contributed by atoms with E-state index in [4.69, 9.17) is 0 Å². The Hall–Kier alpha value is -1.10. The normalized spacial score (nSPS) is 16.3. The molecule has 0 aromatic rings. The summed E-state index contributed by atoms with van der Waals surface area (Å²) in [5, 5.41) is 3.21. The number of rotatable bonds is 6. The van der Waals surface area contributed by atoms with Crippen LogP contribution < -0.4 is 5.32 Å². The third-order valence-corrected chi connectivity index (χ3v) is 2.76. The van der Waals surface area contributed by atoms with Crippen molar-refractivity contribution in [1.82, 2.24) is 15.1 Å². The van der Waals surface area contributed by atoms with Gasteiger partial charge in [0.25, 0.3) is 0 Å². The standard InChI is InChI=1S/C11H21N3O2/c1-2-4-12-5-3-11(16)14-8-6-13(10-15)7-9-14/h10,12H,2-9H2,1H3. The summed E-state index contributed by atoms with van der Waals surface area (Å²) in [7, 11) is 0. The molecule has 0 spiro atoms. The second kappa shape index (κ2) is 7.22. The molecule has 0 unspecified atom stereocenters. The van der Waals surface area contributed by atoms with Gasteiger partial charge in [0.1, 0.15) is 0 Å². The molecule has 0 radical (unpaired) electrons. The highest BCUT2D eigenvalue weighted by Gasteiger charge is 2.19. The molecule has 1 aliphatic heterocycles. The Balaban J connectivity index is 2.15. The number of hydrogen-bond donors (Lipinski definition) is 1. The number of carbonyl (C=O) groups excluding carboxylic acids is 2. The molecule has 1 aliphatic rings. The van der Waals surface area contributed by atoms with Crippen molar-refractivity contribution in [2.24, 2.45) is 0 Å². The second-order valence-corrected chi connectivity index (χ2v) is 4.02. The van der Waals surface area contributed by atoms with Crippen molar-refractivity contribution >= 4 is 12.3 Å². The molecule has 1 saturated heterocycles. The summed E-state index contributed by atoms with van der Waals surface area (Å²) in [4.78, 5) is 25.8. The van der Waals surface area contributed by atoms with E-state index in [0.717, 1.165) is 25.9 Å². The molecule has 1 N–H and O–H groups in total. The minimum absolute atomic E-state index is 0.189. The van der Waals surface area contributed by atoms with Gasteiger partial charge in [-0.15, -0.1) is 0 Å². The van der Waals surface area contributed by atoms with Crippen molar-refractivity contribution in [2.45, 2.75) is 19.8 Å². The van der Waals surface area contributed by atoms with Gasteiger partial charge >= 0.3 is 0 Å². The van der Waals surface area contributed by atoms with E-state index in [-0.39, 0.29) is 5.91 Å². The molecule has 0 aliphatic carbocycles. The second-order valence-electron chi connectivity index (χ2n) is 4.02. The first-order chi connectivity index (χ1) is 7.77. The Bertz CT molecular complexity index is 225. The van der Waals surface area contributed by atoms with Gasteiger partial charge in [0.15, 0.2) is 0 Å². The zero-order valence-electron chi connectivity index (χ0n) is 9.95. The van der Waals surface area contributed by atoms with E-state index in [1.807, 2.05) is 4.90 Å². The Morgan fingerprint density at radius 1 is 1.25 bits per heavy atom. The predicted molar refractivity (Wildman–Crippen MR) is 62.0 cm³/mol. The zero-order valence-corrected chi connectivity index (χ0v) is 9.95. The molecule has 0 aromatic carbocycles. The Morgan fingerprint density at radius 2 is 1.94 bits per heavy atom. The molecular weight excluding hydrogens is 206 g/mol. The summed E-state index contributed by atoms with van der Waals surface area (Å²) in [6, 6.07) is 0. The maximum atomic E-state index is 11.7. The lowest BCUT2D eigenvalue weighted by atomic mass is 10.3. The lowest BCUT2D eigenvalue weighted by Crippen LogP contribution is -2.48. The first kappa shape index (κ1) is 13.0. The van der Waals surface area contributed by atoms with Crippen molar-refractivity contribution in [3.63, 3.8) is 0 Å². The monoisotopic (exact) mass is 227 g/mol. The topological polar surface area (TPSA) is 52.7 Å². The average Bonchev–Trinajstić information content (AvgIpc) is 2.34. The minimum atomic E-state index is 0.189. The lowest BCUT2D eigenvalue weighted by Gasteiger charge is -2.32. The van der Waals surface area contributed by atoms with E-state index >= 15 is 0 Å². The first-order valence-electron chi connectivity index (χ1n) is 5.95. The van der Waals surface area contributed by atoms with Crippen molar-refractivity contribution in [1.29, 1.82) is 0 Å². The summed E-state index contributed by atoms with van der Waals surface area (Å²) in [6.45, 7) is 6.49. The van der Waals surface area contributed by atoms with Crippen molar-refractivity contribution in [3.05, 3.63) is 0 Å². The van der Waals surface area contributed by atoms with Gasteiger partial charge in [0.2, 0.25) is 12.3 Å². The Morgan fingerprint density at radius 3 is 2.50 bits per heavy atom. The molecule has 5 nitrogen and oxygen atoms in total. The molecule has 0 aromatic heterocycles. The third-order valence-electron chi connectivity index (χ3n) is 2.76. The molecule has 0 bridgehead atoms. The summed E-state index contributed by atoms with van der Waals surface area (Å²) in [5.74, 6) is 0.189. The van der Waals surface area contributed by atoms with Crippen LogP contribution in [0.5, 0.6) is 0 Å². The fourth-order valence-corrected chi connectivity index (χ4v) is 1.73. The number of nitrogens with zero attached hydrogens (tertiary/aromatic N) is 2. The zero-order chi connectivity index (χ0) is 11.8. The van der Waals surface area contributed by atoms with Gasteiger partial charge in [-0.1, -0.05) is 6.92 Å². The highest BCUT2D eigenvalue weighted by Crippen LogP contribution is 2.01. The van der Waals surface area contributed by atoms with Crippen molar-refractivity contribution < 1.29 is 9.59 Å². The molecular formula is C11H21N3O2. The lowest BCUT2D eigenvalue weighted by molar-refractivity contribution is -0.135. The van der Waals surface area contributed by atoms with Gasteiger partial charge in [-0.05, 0) is 13.0 Å². The van der Waals surface area contributed by atoms with Crippen LogP contribution in [-0.2, 0) is 9.59 Å². The molecule has 0 saturated carbocycles. The van der Waals surface area contributed by atoms with Crippen molar-refractivity contribution in [3.8, 4) is 0 Å². The Kier molecular flexibility index (Phi) is 5.85. The van der Waals surface area contributed by atoms with Crippen LogP contribution in [0, 0.1) is 0 Å². The van der Waals surface area contributed by atoms with Gasteiger partial charge in [0, 0.05) is 39.1 Å². The highest BCUT2D eigenvalue weighted by molar-refractivity contribution is 5.76. The van der Waals surface area contributed by atoms with Crippen LogP contribution in [0.2, 0.25) is 0 Å². The largest absolute Gasteiger partial charge is 0.342 e. The maximum Gasteiger partial charge on any atom is 0.223 e.